The van der Waals surface area contributed by atoms with Crippen molar-refractivity contribution in [2.24, 2.45) is 11.8 Å². The van der Waals surface area contributed by atoms with E-state index in [1.165, 1.54) is 5.69 Å². The molecule has 0 aromatic carbocycles. The highest BCUT2D eigenvalue weighted by atomic mass is 16.1. The van der Waals surface area contributed by atoms with Crippen molar-refractivity contribution in [2.75, 3.05) is 0 Å². The number of hydrogen-bond acceptors (Lipinski definition) is 3. The molecule has 5 nitrogen and oxygen atoms in total. The van der Waals surface area contributed by atoms with Crippen LogP contribution in [-0.2, 0) is 4.79 Å². The lowest BCUT2D eigenvalue weighted by Crippen LogP contribution is -2.06. The number of H-pyrrole nitrogens is 1. The fourth-order valence-electron chi connectivity index (χ4n) is 3.57. The molecule has 3 unspecified atom stereocenters. The molecule has 1 saturated carbocycles. The first-order valence-corrected chi connectivity index (χ1v) is 7.02. The fourth-order valence-corrected chi connectivity index (χ4v) is 3.57. The van der Waals surface area contributed by atoms with Crippen molar-refractivity contribution in [1.82, 2.24) is 19.4 Å². The number of aromatic amines is 1. The lowest BCUT2D eigenvalue weighted by Gasteiger charge is -2.15. The number of aldehydes is 1. The number of rotatable bonds is 2. The van der Waals surface area contributed by atoms with Crippen LogP contribution < -0.4 is 0 Å². The monoisotopic (exact) mass is 268 g/mol. The van der Waals surface area contributed by atoms with E-state index in [4.69, 9.17) is 0 Å². The zero-order chi connectivity index (χ0) is 13.7. The SMILES string of the molecule is CC1CC(C=O)CC1c1cnc2cnc3[nH]ccc3n12. The first kappa shape index (κ1) is 11.6. The average molecular weight is 268 g/mol. The van der Waals surface area contributed by atoms with Crippen molar-refractivity contribution >= 4 is 23.1 Å². The predicted octanol–water partition coefficient (Wildman–Crippen LogP) is 2.54. The van der Waals surface area contributed by atoms with E-state index >= 15 is 0 Å². The molecule has 3 atom stereocenters. The molecule has 3 aromatic rings. The Hall–Kier alpha value is -2.17. The molecule has 102 valence electrons. The van der Waals surface area contributed by atoms with Gasteiger partial charge in [-0.25, -0.2) is 9.97 Å². The number of hydrogen-bond donors (Lipinski definition) is 1. The summed E-state index contributed by atoms with van der Waals surface area (Å²) < 4.78 is 2.17. The van der Waals surface area contributed by atoms with Crippen LogP contribution in [-0.4, -0.2) is 25.6 Å². The number of nitrogens with one attached hydrogen (secondary N) is 1. The van der Waals surface area contributed by atoms with Gasteiger partial charge in [-0.1, -0.05) is 6.92 Å². The van der Waals surface area contributed by atoms with E-state index in [1.807, 2.05) is 18.5 Å². The van der Waals surface area contributed by atoms with E-state index in [0.717, 1.165) is 35.9 Å². The summed E-state index contributed by atoms with van der Waals surface area (Å²) in [5, 5.41) is 0. The van der Waals surface area contributed by atoms with Gasteiger partial charge in [0, 0.05) is 29.9 Å². The third kappa shape index (κ3) is 1.52. The number of nitrogens with zero attached hydrogens (tertiary/aromatic N) is 3. The molecule has 0 bridgehead atoms. The van der Waals surface area contributed by atoms with Gasteiger partial charge in [-0.15, -0.1) is 0 Å². The first-order valence-electron chi connectivity index (χ1n) is 7.02. The van der Waals surface area contributed by atoms with Crippen molar-refractivity contribution in [3.8, 4) is 0 Å². The lowest BCUT2D eigenvalue weighted by molar-refractivity contribution is -0.111. The Balaban J connectivity index is 1.91. The summed E-state index contributed by atoms with van der Waals surface area (Å²) in [6.07, 6.45) is 8.63. The average Bonchev–Trinajstić information content (AvgIpc) is 3.13. The van der Waals surface area contributed by atoms with E-state index < -0.39 is 0 Å². The largest absolute Gasteiger partial charge is 0.345 e. The third-order valence-electron chi connectivity index (χ3n) is 4.56. The minimum absolute atomic E-state index is 0.184. The third-order valence-corrected chi connectivity index (χ3v) is 4.56. The summed E-state index contributed by atoms with van der Waals surface area (Å²) in [6, 6.07) is 2.03. The Morgan fingerprint density at radius 2 is 2.25 bits per heavy atom. The minimum atomic E-state index is 0.184. The molecule has 0 amide bonds. The number of imidazole rings is 1. The maximum absolute atomic E-state index is 11.1. The van der Waals surface area contributed by atoms with Gasteiger partial charge in [-0.3, -0.25) is 4.40 Å². The van der Waals surface area contributed by atoms with Crippen molar-refractivity contribution in [1.29, 1.82) is 0 Å². The molecule has 1 aliphatic rings. The van der Waals surface area contributed by atoms with Crippen LogP contribution in [0.2, 0.25) is 0 Å². The summed E-state index contributed by atoms with van der Waals surface area (Å²) >= 11 is 0. The van der Waals surface area contributed by atoms with E-state index in [9.17, 15) is 4.79 Å². The fraction of sp³-hybridized carbons (Fsp3) is 0.400. The molecular weight excluding hydrogens is 252 g/mol. The Morgan fingerprint density at radius 3 is 3.05 bits per heavy atom. The molecule has 4 rings (SSSR count). The van der Waals surface area contributed by atoms with Gasteiger partial charge in [0.1, 0.15) is 6.29 Å². The molecule has 3 aromatic heterocycles. The van der Waals surface area contributed by atoms with E-state index in [-0.39, 0.29) is 5.92 Å². The van der Waals surface area contributed by atoms with Crippen LogP contribution in [0.25, 0.3) is 16.8 Å². The van der Waals surface area contributed by atoms with Crippen LogP contribution in [0.3, 0.4) is 0 Å². The van der Waals surface area contributed by atoms with Crippen molar-refractivity contribution in [3.63, 3.8) is 0 Å². The Labute approximate surface area is 116 Å². The van der Waals surface area contributed by atoms with Crippen LogP contribution in [0.4, 0.5) is 0 Å². The standard InChI is InChI=1S/C15H16N4O/c1-9-4-10(8-20)5-11(9)13-6-17-14-7-18-15-12(19(13)14)2-3-16-15/h2-3,6-11,16H,4-5H2,1H3. The van der Waals surface area contributed by atoms with Crippen LogP contribution in [0, 0.1) is 11.8 Å². The van der Waals surface area contributed by atoms with Gasteiger partial charge >= 0.3 is 0 Å². The number of fused-ring (bicyclic) bond motifs is 3. The highest BCUT2D eigenvalue weighted by Crippen LogP contribution is 2.42. The van der Waals surface area contributed by atoms with Crippen molar-refractivity contribution in [3.05, 3.63) is 30.4 Å². The van der Waals surface area contributed by atoms with E-state index in [1.54, 1.807) is 6.20 Å². The van der Waals surface area contributed by atoms with E-state index in [2.05, 4.69) is 26.3 Å². The maximum atomic E-state index is 11.1. The second kappa shape index (κ2) is 4.16. The smallest absolute Gasteiger partial charge is 0.156 e. The number of aromatic nitrogens is 4. The molecule has 0 spiro atoms. The van der Waals surface area contributed by atoms with Crippen LogP contribution in [0.5, 0.6) is 0 Å². The quantitative estimate of drug-likeness (QED) is 0.726. The summed E-state index contributed by atoms with van der Waals surface area (Å²) in [6.45, 7) is 2.23. The Kier molecular flexibility index (Phi) is 2.42. The highest BCUT2D eigenvalue weighted by Gasteiger charge is 2.34. The first-order chi connectivity index (χ1) is 9.78. The molecule has 0 aliphatic heterocycles. The normalized spacial score (nSPS) is 26.6. The summed E-state index contributed by atoms with van der Waals surface area (Å²) in [7, 11) is 0. The molecule has 1 aliphatic carbocycles. The number of carbonyl (C=O) groups excluding carboxylic acids is 1. The summed E-state index contributed by atoms with van der Waals surface area (Å²) in [5.41, 5.74) is 3.99. The van der Waals surface area contributed by atoms with Gasteiger partial charge in [0.2, 0.25) is 0 Å². The molecule has 0 radical (unpaired) electrons. The molecule has 5 heteroatoms. The minimum Gasteiger partial charge on any atom is -0.345 e. The molecule has 1 N–H and O–H groups in total. The maximum Gasteiger partial charge on any atom is 0.156 e. The predicted molar refractivity (Wildman–Crippen MR) is 75.5 cm³/mol. The number of carbonyl (C=O) groups is 1. The summed E-state index contributed by atoms with van der Waals surface area (Å²) in [4.78, 5) is 23.0. The molecule has 3 heterocycles. The van der Waals surface area contributed by atoms with Gasteiger partial charge in [0.15, 0.2) is 11.3 Å². The Bertz CT molecular complexity index is 787. The summed E-state index contributed by atoms with van der Waals surface area (Å²) in [5.74, 6) is 1.08. The molecule has 1 fully saturated rings. The van der Waals surface area contributed by atoms with Gasteiger partial charge in [-0.05, 0) is 24.8 Å². The zero-order valence-corrected chi connectivity index (χ0v) is 11.3. The molecular formula is C15H16N4O. The van der Waals surface area contributed by atoms with Gasteiger partial charge in [0.05, 0.1) is 11.7 Å². The Morgan fingerprint density at radius 1 is 1.35 bits per heavy atom. The van der Waals surface area contributed by atoms with Crippen LogP contribution in [0.1, 0.15) is 31.4 Å². The van der Waals surface area contributed by atoms with Gasteiger partial charge in [0.25, 0.3) is 0 Å². The van der Waals surface area contributed by atoms with Crippen molar-refractivity contribution < 1.29 is 4.79 Å². The second-order valence-electron chi connectivity index (χ2n) is 5.80. The molecule has 0 saturated heterocycles. The molecule has 20 heavy (non-hydrogen) atoms. The van der Waals surface area contributed by atoms with Crippen LogP contribution >= 0.6 is 0 Å². The van der Waals surface area contributed by atoms with E-state index in [0.29, 0.717) is 11.8 Å². The zero-order valence-electron chi connectivity index (χ0n) is 11.3. The van der Waals surface area contributed by atoms with Gasteiger partial charge < -0.3 is 9.78 Å². The lowest BCUT2D eigenvalue weighted by atomic mass is 9.95. The second-order valence-corrected chi connectivity index (χ2v) is 5.80. The van der Waals surface area contributed by atoms with Gasteiger partial charge in [-0.2, -0.15) is 0 Å². The highest BCUT2D eigenvalue weighted by molar-refractivity contribution is 5.74. The van der Waals surface area contributed by atoms with Crippen LogP contribution in [0.15, 0.2) is 24.7 Å². The van der Waals surface area contributed by atoms with Crippen molar-refractivity contribution in [2.45, 2.75) is 25.7 Å². The topological polar surface area (TPSA) is 63.0 Å².